The molecule has 0 unspecified atom stereocenters. The highest BCUT2D eigenvalue weighted by Gasteiger charge is 2.22. The molecule has 0 saturated carbocycles. The Morgan fingerprint density at radius 3 is 2.75 bits per heavy atom. The molecule has 7 heteroatoms. The number of rotatable bonds is 4. The summed E-state index contributed by atoms with van der Waals surface area (Å²) < 4.78 is 1.80. The molecule has 2 aromatic heterocycles. The maximum Gasteiger partial charge on any atom is 0.263 e. The minimum Gasteiger partial charge on any atom is -0.353 e. The van der Waals surface area contributed by atoms with E-state index < -0.39 is 0 Å². The summed E-state index contributed by atoms with van der Waals surface area (Å²) in [6.07, 6.45) is 5.57. The predicted molar refractivity (Wildman–Crippen MR) is 96.4 cm³/mol. The lowest BCUT2D eigenvalue weighted by molar-refractivity contribution is 0.240. The maximum absolute atomic E-state index is 12.3. The zero-order valence-corrected chi connectivity index (χ0v) is 14.7. The van der Waals surface area contributed by atoms with Crippen LogP contribution in [0.3, 0.4) is 0 Å². The van der Waals surface area contributed by atoms with E-state index in [-0.39, 0.29) is 11.1 Å². The van der Waals surface area contributed by atoms with Crippen LogP contribution >= 0.6 is 0 Å². The highest BCUT2D eigenvalue weighted by atomic mass is 16.1. The molecule has 7 nitrogen and oxygen atoms in total. The summed E-state index contributed by atoms with van der Waals surface area (Å²) in [6.45, 7) is 12.9. The van der Waals surface area contributed by atoms with E-state index in [0.29, 0.717) is 23.0 Å². The number of hydrogen-bond acceptors (Lipinski definition) is 5. The second kappa shape index (κ2) is 6.39. The second-order valence-corrected chi connectivity index (χ2v) is 7.39. The number of aromatic nitrogens is 4. The fourth-order valence-corrected chi connectivity index (χ4v) is 3.11. The van der Waals surface area contributed by atoms with Crippen molar-refractivity contribution in [3.05, 3.63) is 29.2 Å². The molecule has 130 valence electrons. The average Bonchev–Trinajstić information content (AvgIpc) is 2.94. The van der Waals surface area contributed by atoms with Crippen LogP contribution < -0.4 is 10.9 Å². The Hall–Kier alpha value is -2.15. The summed E-state index contributed by atoms with van der Waals surface area (Å²) >= 11 is 0. The van der Waals surface area contributed by atoms with Crippen molar-refractivity contribution in [2.45, 2.75) is 45.2 Å². The van der Waals surface area contributed by atoms with Gasteiger partial charge in [0.25, 0.3) is 5.56 Å². The molecule has 0 amide bonds. The molecule has 1 aliphatic rings. The fraction of sp³-hybridized carbons (Fsp3) is 0.588. The number of H-pyrrole nitrogens is 1. The van der Waals surface area contributed by atoms with Gasteiger partial charge in [-0.05, 0) is 33.6 Å². The van der Waals surface area contributed by atoms with Gasteiger partial charge in [0.1, 0.15) is 5.39 Å². The van der Waals surface area contributed by atoms with Gasteiger partial charge < -0.3 is 5.32 Å². The van der Waals surface area contributed by atoms with Gasteiger partial charge in [-0.15, -0.1) is 6.58 Å². The number of aromatic amines is 1. The van der Waals surface area contributed by atoms with Crippen molar-refractivity contribution in [1.82, 2.24) is 24.6 Å². The molecule has 3 rings (SSSR count). The number of nitrogens with one attached hydrogen (secondary N) is 2. The van der Waals surface area contributed by atoms with Crippen LogP contribution in [0.15, 0.2) is 23.6 Å². The van der Waals surface area contributed by atoms with E-state index in [1.165, 1.54) is 0 Å². The Morgan fingerprint density at radius 1 is 1.42 bits per heavy atom. The van der Waals surface area contributed by atoms with Crippen LogP contribution in [0.5, 0.6) is 0 Å². The molecule has 3 heterocycles. The molecule has 0 atom stereocenters. The lowest BCUT2D eigenvalue weighted by Gasteiger charge is -2.31. The van der Waals surface area contributed by atoms with E-state index in [4.69, 9.17) is 0 Å². The standard InChI is InChI=1S/C17H26N6O/c1-5-8-22-9-6-12(7-10-22)19-16-20-14-13(15(24)21-16)11-18-23(14)17(2,3)4/h5,11-12H,1,6-10H2,2-4H3,(H2,19,20,21,24). The third-order valence-electron chi connectivity index (χ3n) is 4.39. The molecule has 0 spiro atoms. The first-order chi connectivity index (χ1) is 11.4. The Balaban J connectivity index is 1.81. The predicted octanol–water partition coefficient (Wildman–Crippen LogP) is 1.94. The van der Waals surface area contributed by atoms with Gasteiger partial charge >= 0.3 is 0 Å². The molecular weight excluding hydrogens is 304 g/mol. The van der Waals surface area contributed by atoms with Gasteiger partial charge in [-0.25, -0.2) is 4.68 Å². The largest absolute Gasteiger partial charge is 0.353 e. The summed E-state index contributed by atoms with van der Waals surface area (Å²) in [7, 11) is 0. The summed E-state index contributed by atoms with van der Waals surface area (Å²) in [6, 6.07) is 0.317. The van der Waals surface area contributed by atoms with Gasteiger partial charge in [-0.3, -0.25) is 14.7 Å². The molecule has 2 aromatic rings. The molecular formula is C17H26N6O. The summed E-state index contributed by atoms with van der Waals surface area (Å²) in [5.74, 6) is 0.528. The first kappa shape index (κ1) is 16.7. The SMILES string of the molecule is C=CCN1CCC(Nc2nc3c(cnn3C(C)(C)C)c(=O)[nH]2)CC1. The number of nitrogens with zero attached hydrogens (tertiary/aromatic N) is 4. The van der Waals surface area contributed by atoms with Crippen molar-refractivity contribution in [2.75, 3.05) is 25.0 Å². The first-order valence-electron chi connectivity index (χ1n) is 8.47. The van der Waals surface area contributed by atoms with E-state index >= 15 is 0 Å². The molecule has 0 aromatic carbocycles. The van der Waals surface area contributed by atoms with Crippen LogP contribution in [-0.2, 0) is 5.54 Å². The van der Waals surface area contributed by atoms with Crippen LogP contribution in [-0.4, -0.2) is 50.3 Å². The van der Waals surface area contributed by atoms with E-state index in [9.17, 15) is 4.79 Å². The Morgan fingerprint density at radius 2 is 2.12 bits per heavy atom. The van der Waals surface area contributed by atoms with E-state index in [0.717, 1.165) is 32.5 Å². The van der Waals surface area contributed by atoms with Crippen LogP contribution in [0.1, 0.15) is 33.6 Å². The zero-order chi connectivity index (χ0) is 17.3. The van der Waals surface area contributed by atoms with Crippen molar-refractivity contribution in [3.63, 3.8) is 0 Å². The normalized spacial score (nSPS) is 17.3. The molecule has 2 N–H and O–H groups in total. The molecule has 0 radical (unpaired) electrons. The molecule has 1 saturated heterocycles. The highest BCUT2D eigenvalue weighted by Crippen LogP contribution is 2.20. The minimum absolute atomic E-state index is 0.151. The number of anilines is 1. The Kier molecular flexibility index (Phi) is 4.45. The lowest BCUT2D eigenvalue weighted by Crippen LogP contribution is -2.39. The molecule has 0 bridgehead atoms. The zero-order valence-electron chi connectivity index (χ0n) is 14.7. The maximum atomic E-state index is 12.3. The van der Waals surface area contributed by atoms with Crippen molar-refractivity contribution in [3.8, 4) is 0 Å². The summed E-state index contributed by atoms with van der Waals surface area (Å²) in [5.41, 5.74) is 0.246. The van der Waals surface area contributed by atoms with Gasteiger partial charge in [-0.2, -0.15) is 10.1 Å². The average molecular weight is 330 g/mol. The molecule has 1 aliphatic heterocycles. The molecule has 1 fully saturated rings. The minimum atomic E-state index is -0.226. The highest BCUT2D eigenvalue weighted by molar-refractivity contribution is 5.74. The second-order valence-electron chi connectivity index (χ2n) is 7.39. The number of fused-ring (bicyclic) bond motifs is 1. The third-order valence-corrected chi connectivity index (χ3v) is 4.39. The van der Waals surface area contributed by atoms with Gasteiger partial charge in [0.2, 0.25) is 5.95 Å². The molecule has 0 aliphatic carbocycles. The van der Waals surface area contributed by atoms with Gasteiger partial charge in [0.15, 0.2) is 5.65 Å². The Labute approximate surface area is 141 Å². The summed E-state index contributed by atoms with van der Waals surface area (Å²) in [4.78, 5) is 22.1. The number of hydrogen-bond donors (Lipinski definition) is 2. The van der Waals surface area contributed by atoms with Crippen molar-refractivity contribution in [2.24, 2.45) is 0 Å². The summed E-state index contributed by atoms with van der Waals surface area (Å²) in [5, 5.41) is 8.25. The quantitative estimate of drug-likeness (QED) is 0.838. The van der Waals surface area contributed by atoms with Crippen molar-refractivity contribution < 1.29 is 0 Å². The van der Waals surface area contributed by atoms with Crippen LogP contribution in [0.4, 0.5) is 5.95 Å². The molecule has 24 heavy (non-hydrogen) atoms. The van der Waals surface area contributed by atoms with Crippen LogP contribution in [0, 0.1) is 0 Å². The van der Waals surface area contributed by atoms with E-state index in [1.807, 2.05) is 26.8 Å². The van der Waals surface area contributed by atoms with E-state index in [2.05, 4.69) is 31.9 Å². The van der Waals surface area contributed by atoms with E-state index in [1.54, 1.807) is 10.9 Å². The van der Waals surface area contributed by atoms with Gasteiger partial charge in [0.05, 0.1) is 11.7 Å². The number of likely N-dealkylation sites (tertiary alicyclic amines) is 1. The lowest BCUT2D eigenvalue weighted by atomic mass is 10.1. The van der Waals surface area contributed by atoms with Gasteiger partial charge in [-0.1, -0.05) is 6.08 Å². The topological polar surface area (TPSA) is 78.8 Å². The van der Waals surface area contributed by atoms with Crippen molar-refractivity contribution >= 4 is 17.0 Å². The monoisotopic (exact) mass is 330 g/mol. The fourth-order valence-electron chi connectivity index (χ4n) is 3.11. The smallest absolute Gasteiger partial charge is 0.263 e. The van der Waals surface area contributed by atoms with Crippen LogP contribution in [0.2, 0.25) is 0 Å². The first-order valence-corrected chi connectivity index (χ1v) is 8.47. The van der Waals surface area contributed by atoms with Crippen molar-refractivity contribution in [1.29, 1.82) is 0 Å². The number of piperidine rings is 1. The Bertz CT molecular complexity index is 776. The van der Waals surface area contributed by atoms with Crippen LogP contribution in [0.25, 0.3) is 11.0 Å². The third kappa shape index (κ3) is 3.36. The van der Waals surface area contributed by atoms with Gasteiger partial charge in [0, 0.05) is 25.7 Å².